The zero-order valence-corrected chi connectivity index (χ0v) is 23.4. The fourth-order valence-corrected chi connectivity index (χ4v) is 7.60. The molecule has 12 heteroatoms. The van der Waals surface area contributed by atoms with E-state index in [2.05, 4.69) is 14.9 Å². The molecular weight excluding hydrogens is 575 g/mol. The van der Waals surface area contributed by atoms with Crippen molar-refractivity contribution >= 4 is 48.9 Å². The number of alkyl halides is 1. The quantitative estimate of drug-likeness (QED) is 0.261. The molecule has 1 unspecified atom stereocenters. The van der Waals surface area contributed by atoms with Crippen LogP contribution in [0.4, 0.5) is 18.2 Å². The van der Waals surface area contributed by atoms with E-state index >= 15 is 4.39 Å². The minimum atomic E-state index is -0.923. The Morgan fingerprint density at radius 2 is 2.07 bits per heavy atom. The zero-order valence-electron chi connectivity index (χ0n) is 21.9. The van der Waals surface area contributed by atoms with Gasteiger partial charge in [0.25, 0.3) is 0 Å². The molecule has 7 rings (SSSR count). The lowest BCUT2D eigenvalue weighted by Gasteiger charge is -2.31. The van der Waals surface area contributed by atoms with Crippen LogP contribution in [0.2, 0.25) is 5.02 Å². The molecule has 2 aliphatic heterocycles. The van der Waals surface area contributed by atoms with Gasteiger partial charge in [0.15, 0.2) is 5.82 Å². The molecule has 0 spiro atoms. The summed E-state index contributed by atoms with van der Waals surface area (Å²) in [5.74, 6) is -1.21. The monoisotopic (exact) mass is 599 g/mol. The maximum atomic E-state index is 16.5. The van der Waals surface area contributed by atoms with Crippen LogP contribution in [0.15, 0.2) is 18.2 Å². The average molecular weight is 600 g/mol. The van der Waals surface area contributed by atoms with E-state index in [1.165, 1.54) is 18.2 Å². The van der Waals surface area contributed by atoms with Crippen molar-refractivity contribution in [2.75, 3.05) is 25.4 Å². The number of fused-ring (bicyclic) bond motifs is 3. The molecule has 2 aromatic carbocycles. The lowest BCUT2D eigenvalue weighted by atomic mass is 9.95. The molecule has 2 N–H and O–H groups in total. The van der Waals surface area contributed by atoms with Gasteiger partial charge in [-0.2, -0.15) is 15.2 Å². The summed E-state index contributed by atoms with van der Waals surface area (Å²) in [5, 5.41) is 10.3. The summed E-state index contributed by atoms with van der Waals surface area (Å²) in [5.41, 5.74) is 5.70. The number of hydrogen-bond acceptors (Lipinski definition) is 8. The van der Waals surface area contributed by atoms with E-state index in [-0.39, 0.29) is 72.3 Å². The molecule has 0 radical (unpaired) electrons. The number of aromatic nitrogens is 2. The van der Waals surface area contributed by atoms with E-state index < -0.39 is 23.3 Å². The van der Waals surface area contributed by atoms with Crippen molar-refractivity contribution in [1.82, 2.24) is 14.9 Å². The molecule has 2 saturated heterocycles. The molecule has 2 atom stereocenters. The minimum absolute atomic E-state index is 0.0210. The maximum Gasteiger partial charge on any atom is 0.320 e. The number of ether oxygens (including phenoxy) is 2. The smallest absolute Gasteiger partial charge is 0.320 e. The highest BCUT2D eigenvalue weighted by atomic mass is 35.5. The van der Waals surface area contributed by atoms with Gasteiger partial charge in [0.1, 0.15) is 41.3 Å². The topological polar surface area (TPSA) is 97.3 Å². The van der Waals surface area contributed by atoms with Crippen LogP contribution in [0, 0.1) is 23.0 Å². The number of anilines is 1. The van der Waals surface area contributed by atoms with Crippen LogP contribution in [0.25, 0.3) is 32.1 Å². The summed E-state index contributed by atoms with van der Waals surface area (Å²) in [4.78, 5) is 11.0. The summed E-state index contributed by atoms with van der Waals surface area (Å²) >= 11 is 7.59. The van der Waals surface area contributed by atoms with Crippen molar-refractivity contribution in [3.8, 4) is 29.1 Å². The van der Waals surface area contributed by atoms with Crippen LogP contribution in [0.3, 0.4) is 0 Å². The number of rotatable bonds is 6. The van der Waals surface area contributed by atoms with Crippen LogP contribution in [0.1, 0.15) is 44.1 Å². The Bertz CT molecular complexity index is 1760. The Kier molecular flexibility index (Phi) is 6.41. The van der Waals surface area contributed by atoms with Crippen LogP contribution in [0.5, 0.6) is 11.9 Å². The summed E-state index contributed by atoms with van der Waals surface area (Å²) in [7, 11) is 0. The second-order valence-electron chi connectivity index (χ2n) is 11.0. The second kappa shape index (κ2) is 9.89. The van der Waals surface area contributed by atoms with Gasteiger partial charge in [-0.15, -0.1) is 11.3 Å². The molecular formula is C29H25ClF3N5O2S. The number of halogens is 4. The Morgan fingerprint density at radius 3 is 2.83 bits per heavy atom. The van der Waals surface area contributed by atoms with Gasteiger partial charge >= 0.3 is 6.01 Å². The predicted molar refractivity (Wildman–Crippen MR) is 151 cm³/mol. The molecule has 0 amide bonds. The third-order valence-electron chi connectivity index (χ3n) is 8.59. The number of nitrogens with zero attached hydrogens (tertiary/aromatic N) is 4. The maximum absolute atomic E-state index is 16.5. The van der Waals surface area contributed by atoms with Crippen LogP contribution in [-0.4, -0.2) is 52.4 Å². The van der Waals surface area contributed by atoms with Gasteiger partial charge in [0.2, 0.25) is 5.88 Å². The SMILES string of the molecule is N#Cc1c(N)sc2c(F)ccc(-c3c(Cl)cc4c(OC5CCC5)nc(OCC56CCCN5C[C@H](F)C6)nc4c3F)c12. The van der Waals surface area contributed by atoms with Crippen LogP contribution in [-0.2, 0) is 0 Å². The van der Waals surface area contributed by atoms with Gasteiger partial charge < -0.3 is 15.2 Å². The highest BCUT2D eigenvalue weighted by Gasteiger charge is 2.49. The molecule has 3 aliphatic rings. The first-order chi connectivity index (χ1) is 19.8. The zero-order chi connectivity index (χ0) is 28.5. The second-order valence-corrected chi connectivity index (χ2v) is 12.5. The van der Waals surface area contributed by atoms with Gasteiger partial charge in [0.05, 0.1) is 26.2 Å². The van der Waals surface area contributed by atoms with Crippen molar-refractivity contribution in [3.05, 3.63) is 40.4 Å². The van der Waals surface area contributed by atoms with E-state index in [0.717, 1.165) is 50.0 Å². The average Bonchev–Trinajstić information content (AvgIpc) is 3.56. The first-order valence-corrected chi connectivity index (χ1v) is 14.8. The van der Waals surface area contributed by atoms with Crippen LogP contribution < -0.4 is 15.2 Å². The fraction of sp³-hybridized carbons (Fsp3) is 0.414. The summed E-state index contributed by atoms with van der Waals surface area (Å²) < 4.78 is 57.9. The molecule has 1 aliphatic carbocycles. The Morgan fingerprint density at radius 1 is 1.24 bits per heavy atom. The van der Waals surface area contributed by atoms with Crippen molar-refractivity contribution in [1.29, 1.82) is 5.26 Å². The standard InChI is InChI=1S/C29H25ClF3N5O2S/c30-19-9-17-24(23(33)22(19)16-5-6-20(32)25-21(16)18(11-34)26(35)41-25)36-28(37-27(17)40-15-3-1-4-15)39-13-29-7-2-8-38(29)12-14(31)10-29/h5-6,9,14-15H,1-4,7-8,10,12-13,35H2/t14-,29?/m1/s1. The Hall–Kier alpha value is -3.33. The lowest BCUT2D eigenvalue weighted by molar-refractivity contribution is 0.100. The molecule has 7 nitrogen and oxygen atoms in total. The van der Waals surface area contributed by atoms with E-state index in [4.69, 9.17) is 26.8 Å². The van der Waals surface area contributed by atoms with Gasteiger partial charge in [0, 0.05) is 23.9 Å². The van der Waals surface area contributed by atoms with E-state index in [9.17, 15) is 14.0 Å². The van der Waals surface area contributed by atoms with Gasteiger partial charge in [-0.3, -0.25) is 4.90 Å². The number of nitrogens with two attached hydrogens (primary N) is 1. The number of nitrogen functional groups attached to an aromatic ring is 1. The van der Waals surface area contributed by atoms with E-state index in [0.29, 0.717) is 13.0 Å². The van der Waals surface area contributed by atoms with E-state index in [1.54, 1.807) is 0 Å². The van der Waals surface area contributed by atoms with E-state index in [1.807, 2.05) is 6.07 Å². The van der Waals surface area contributed by atoms with Crippen molar-refractivity contribution in [2.24, 2.45) is 0 Å². The highest BCUT2D eigenvalue weighted by molar-refractivity contribution is 7.23. The number of hydrogen-bond donors (Lipinski definition) is 1. The summed E-state index contributed by atoms with van der Waals surface area (Å²) in [6.45, 7) is 1.35. The largest absolute Gasteiger partial charge is 0.474 e. The number of benzene rings is 2. The first kappa shape index (κ1) is 26.6. The molecule has 1 saturated carbocycles. The van der Waals surface area contributed by atoms with Crippen molar-refractivity contribution < 1.29 is 22.6 Å². The third-order valence-corrected chi connectivity index (χ3v) is 9.91. The number of thiophene rings is 1. The summed E-state index contributed by atoms with van der Waals surface area (Å²) in [6.07, 6.45) is 3.82. The Labute approximate surface area is 242 Å². The molecule has 4 aromatic rings. The Balaban J connectivity index is 1.37. The molecule has 41 heavy (non-hydrogen) atoms. The normalized spacial score (nSPS) is 22.7. The molecule has 0 bridgehead atoms. The van der Waals surface area contributed by atoms with Gasteiger partial charge in [-0.1, -0.05) is 17.7 Å². The fourth-order valence-electron chi connectivity index (χ4n) is 6.35. The first-order valence-electron chi connectivity index (χ1n) is 13.6. The summed E-state index contributed by atoms with van der Waals surface area (Å²) in [6, 6.07) is 6.02. The number of nitriles is 1. The lowest BCUT2D eigenvalue weighted by Crippen LogP contribution is -2.43. The van der Waals surface area contributed by atoms with Crippen molar-refractivity contribution in [3.63, 3.8) is 0 Å². The van der Waals surface area contributed by atoms with Crippen LogP contribution >= 0.6 is 22.9 Å². The van der Waals surface area contributed by atoms with Gasteiger partial charge in [-0.05, 0) is 56.3 Å². The predicted octanol–water partition coefficient (Wildman–Crippen LogP) is 6.78. The molecule has 2 aromatic heterocycles. The minimum Gasteiger partial charge on any atom is -0.474 e. The molecule has 3 fully saturated rings. The van der Waals surface area contributed by atoms with Crippen molar-refractivity contribution in [2.45, 2.75) is 56.3 Å². The molecule has 4 heterocycles. The third kappa shape index (κ3) is 4.26. The van der Waals surface area contributed by atoms with Gasteiger partial charge in [-0.25, -0.2) is 13.2 Å². The molecule has 212 valence electrons. The highest BCUT2D eigenvalue weighted by Crippen LogP contribution is 2.46.